The summed E-state index contributed by atoms with van der Waals surface area (Å²) in [5, 5.41) is 7.07. The Morgan fingerprint density at radius 2 is 1.92 bits per heavy atom. The van der Waals surface area contributed by atoms with Crippen LogP contribution in [0.5, 0.6) is 0 Å². The highest BCUT2D eigenvalue weighted by atomic mass is 15.0. The van der Waals surface area contributed by atoms with Gasteiger partial charge in [0, 0.05) is 25.2 Å². The molecule has 2 rings (SSSR count). The minimum absolute atomic E-state index is 0.756. The highest BCUT2D eigenvalue weighted by Gasteiger charge is 2.27. The van der Waals surface area contributed by atoms with E-state index < -0.39 is 0 Å². The molecule has 0 amide bonds. The van der Waals surface area contributed by atoms with Crippen molar-refractivity contribution in [2.75, 3.05) is 13.1 Å². The molecule has 0 radical (unpaired) electrons. The second kappa shape index (κ2) is 3.75. The largest absolute Gasteiger partial charge is 0.313 e. The maximum atomic E-state index is 3.57. The monoisotopic (exact) mass is 168 g/mol. The van der Waals surface area contributed by atoms with Crippen molar-refractivity contribution in [2.45, 2.75) is 44.7 Å². The quantitative estimate of drug-likeness (QED) is 0.581. The lowest BCUT2D eigenvalue weighted by Crippen LogP contribution is -2.35. The Morgan fingerprint density at radius 3 is 2.50 bits per heavy atom. The van der Waals surface area contributed by atoms with Crippen LogP contribution in [0.25, 0.3) is 0 Å². The predicted octanol–water partition coefficient (Wildman–Crippen LogP) is 1.13. The third-order valence-electron chi connectivity index (χ3n) is 2.93. The molecule has 2 aliphatic rings. The van der Waals surface area contributed by atoms with E-state index in [2.05, 4.69) is 17.6 Å². The summed E-state index contributed by atoms with van der Waals surface area (Å²) >= 11 is 0. The first kappa shape index (κ1) is 8.52. The minimum atomic E-state index is 0.756. The molecule has 2 nitrogen and oxygen atoms in total. The third kappa shape index (κ3) is 2.76. The predicted molar refractivity (Wildman–Crippen MR) is 51.2 cm³/mol. The fourth-order valence-electron chi connectivity index (χ4n) is 1.63. The van der Waals surface area contributed by atoms with Gasteiger partial charge in [-0.25, -0.2) is 0 Å². The second-order valence-corrected chi connectivity index (χ2v) is 4.31. The van der Waals surface area contributed by atoms with E-state index in [1.807, 2.05) is 0 Å². The SMILES string of the molecule is CC(NCCNC1CC1)C1CC1. The topological polar surface area (TPSA) is 24.1 Å². The van der Waals surface area contributed by atoms with Gasteiger partial charge in [0.05, 0.1) is 0 Å². The van der Waals surface area contributed by atoms with Crippen LogP contribution in [-0.4, -0.2) is 25.2 Å². The van der Waals surface area contributed by atoms with Crippen LogP contribution in [0.1, 0.15) is 32.6 Å². The van der Waals surface area contributed by atoms with Gasteiger partial charge < -0.3 is 10.6 Å². The Bertz CT molecular complexity index is 139. The standard InChI is InChI=1S/C10H20N2/c1-8(9-2-3-9)11-6-7-12-10-4-5-10/h8-12H,2-7H2,1H3. The lowest BCUT2D eigenvalue weighted by atomic mass is 10.2. The van der Waals surface area contributed by atoms with E-state index in [4.69, 9.17) is 0 Å². The molecule has 2 heteroatoms. The molecule has 2 fully saturated rings. The fourth-order valence-corrected chi connectivity index (χ4v) is 1.63. The van der Waals surface area contributed by atoms with Crippen molar-refractivity contribution in [1.29, 1.82) is 0 Å². The lowest BCUT2D eigenvalue weighted by molar-refractivity contribution is 0.486. The summed E-state index contributed by atoms with van der Waals surface area (Å²) < 4.78 is 0. The average molecular weight is 168 g/mol. The van der Waals surface area contributed by atoms with Crippen molar-refractivity contribution in [1.82, 2.24) is 10.6 Å². The molecule has 1 unspecified atom stereocenters. The summed E-state index contributed by atoms with van der Waals surface area (Å²) in [6.07, 6.45) is 5.70. The zero-order valence-corrected chi connectivity index (χ0v) is 7.97. The molecule has 0 bridgehead atoms. The van der Waals surface area contributed by atoms with Gasteiger partial charge in [-0.15, -0.1) is 0 Å². The van der Waals surface area contributed by atoms with E-state index >= 15 is 0 Å². The van der Waals surface area contributed by atoms with Crippen LogP contribution in [0.4, 0.5) is 0 Å². The van der Waals surface area contributed by atoms with Crippen molar-refractivity contribution in [3.63, 3.8) is 0 Å². The fraction of sp³-hybridized carbons (Fsp3) is 1.00. The Hall–Kier alpha value is -0.0800. The van der Waals surface area contributed by atoms with Crippen molar-refractivity contribution < 1.29 is 0 Å². The molecule has 0 spiro atoms. The van der Waals surface area contributed by atoms with Crippen LogP contribution >= 0.6 is 0 Å². The van der Waals surface area contributed by atoms with Gasteiger partial charge in [-0.2, -0.15) is 0 Å². The molecule has 12 heavy (non-hydrogen) atoms. The van der Waals surface area contributed by atoms with Gasteiger partial charge in [0.2, 0.25) is 0 Å². The molecule has 2 N–H and O–H groups in total. The Morgan fingerprint density at radius 1 is 1.17 bits per heavy atom. The van der Waals surface area contributed by atoms with Crippen LogP contribution in [0.2, 0.25) is 0 Å². The molecule has 2 aliphatic carbocycles. The number of hydrogen-bond acceptors (Lipinski definition) is 2. The van der Waals surface area contributed by atoms with Crippen LogP contribution in [0, 0.1) is 5.92 Å². The molecule has 0 aromatic heterocycles. The van der Waals surface area contributed by atoms with Gasteiger partial charge in [-0.05, 0) is 38.5 Å². The van der Waals surface area contributed by atoms with Gasteiger partial charge in [0.15, 0.2) is 0 Å². The Labute approximate surface area is 75.1 Å². The van der Waals surface area contributed by atoms with E-state index in [-0.39, 0.29) is 0 Å². The molecule has 0 heterocycles. The average Bonchev–Trinajstić information content (AvgIpc) is 2.85. The summed E-state index contributed by atoms with van der Waals surface area (Å²) in [4.78, 5) is 0. The lowest BCUT2D eigenvalue weighted by Gasteiger charge is -2.12. The molecule has 0 aromatic rings. The van der Waals surface area contributed by atoms with Crippen molar-refractivity contribution >= 4 is 0 Å². The zero-order valence-electron chi connectivity index (χ0n) is 7.97. The number of nitrogens with one attached hydrogen (secondary N) is 2. The Balaban J connectivity index is 1.44. The van der Waals surface area contributed by atoms with Gasteiger partial charge in [0.25, 0.3) is 0 Å². The van der Waals surface area contributed by atoms with E-state index in [0.717, 1.165) is 31.1 Å². The maximum Gasteiger partial charge on any atom is 0.00794 e. The van der Waals surface area contributed by atoms with Crippen molar-refractivity contribution in [3.8, 4) is 0 Å². The highest BCUT2D eigenvalue weighted by Crippen LogP contribution is 2.32. The summed E-state index contributed by atoms with van der Waals surface area (Å²) in [7, 11) is 0. The van der Waals surface area contributed by atoms with Crippen LogP contribution < -0.4 is 10.6 Å². The molecule has 1 atom stereocenters. The first-order chi connectivity index (χ1) is 5.86. The van der Waals surface area contributed by atoms with Crippen molar-refractivity contribution in [2.24, 2.45) is 5.92 Å². The highest BCUT2D eigenvalue weighted by molar-refractivity contribution is 4.84. The normalized spacial score (nSPS) is 25.8. The van der Waals surface area contributed by atoms with Gasteiger partial charge in [-0.3, -0.25) is 0 Å². The Kier molecular flexibility index (Phi) is 2.66. The van der Waals surface area contributed by atoms with Crippen LogP contribution in [-0.2, 0) is 0 Å². The second-order valence-electron chi connectivity index (χ2n) is 4.31. The number of hydrogen-bond donors (Lipinski definition) is 2. The van der Waals surface area contributed by atoms with Gasteiger partial charge in [0.1, 0.15) is 0 Å². The molecule has 0 aromatic carbocycles. The van der Waals surface area contributed by atoms with Crippen molar-refractivity contribution in [3.05, 3.63) is 0 Å². The minimum Gasteiger partial charge on any atom is -0.313 e. The van der Waals surface area contributed by atoms with Crippen LogP contribution in [0.3, 0.4) is 0 Å². The third-order valence-corrected chi connectivity index (χ3v) is 2.93. The molecular formula is C10H20N2. The summed E-state index contributed by atoms with van der Waals surface area (Å²) in [5.41, 5.74) is 0. The smallest absolute Gasteiger partial charge is 0.00794 e. The maximum absolute atomic E-state index is 3.57. The molecule has 70 valence electrons. The summed E-state index contributed by atoms with van der Waals surface area (Å²) in [6.45, 7) is 4.62. The van der Waals surface area contributed by atoms with Gasteiger partial charge in [-0.1, -0.05) is 0 Å². The van der Waals surface area contributed by atoms with Crippen LogP contribution in [0.15, 0.2) is 0 Å². The molecule has 2 saturated carbocycles. The van der Waals surface area contributed by atoms with E-state index in [0.29, 0.717) is 0 Å². The first-order valence-corrected chi connectivity index (χ1v) is 5.33. The van der Waals surface area contributed by atoms with E-state index in [1.54, 1.807) is 0 Å². The summed E-state index contributed by atoms with van der Waals surface area (Å²) in [6, 6.07) is 1.62. The first-order valence-electron chi connectivity index (χ1n) is 5.33. The number of rotatable bonds is 6. The molecule has 0 aliphatic heterocycles. The zero-order chi connectivity index (χ0) is 8.39. The van der Waals surface area contributed by atoms with E-state index in [1.165, 1.54) is 25.7 Å². The summed E-state index contributed by atoms with van der Waals surface area (Å²) in [5.74, 6) is 0.992. The molecular weight excluding hydrogens is 148 g/mol. The molecule has 0 saturated heterocycles. The van der Waals surface area contributed by atoms with E-state index in [9.17, 15) is 0 Å². The van der Waals surface area contributed by atoms with Gasteiger partial charge >= 0.3 is 0 Å².